The van der Waals surface area contributed by atoms with Gasteiger partial charge < -0.3 is 0 Å². The van der Waals surface area contributed by atoms with E-state index in [4.69, 9.17) is 17.0 Å². The van der Waals surface area contributed by atoms with E-state index in [9.17, 15) is 0 Å². The molecule has 4 heteroatoms. The molecule has 0 radical (unpaired) electrons. The summed E-state index contributed by atoms with van der Waals surface area (Å²) in [6.45, 7) is 18.2. The third-order valence-corrected chi connectivity index (χ3v) is 62.2. The predicted octanol–water partition coefficient (Wildman–Crippen LogP) is 12.2. The summed E-state index contributed by atoms with van der Waals surface area (Å²) in [7, 11) is 17.0. The molecule has 2 atom stereocenters. The van der Waals surface area contributed by atoms with Crippen molar-refractivity contribution >= 4 is 35.1 Å². The first kappa shape index (κ1) is 31.0. The van der Waals surface area contributed by atoms with Gasteiger partial charge in [-0.25, -0.2) is 0 Å². The molecule has 0 heterocycles. The van der Waals surface area contributed by atoms with Gasteiger partial charge in [0.15, 0.2) is 0 Å². The Morgan fingerprint density at radius 3 is 1.51 bits per heavy atom. The Bertz CT molecular complexity index is 1800. The quantitative estimate of drug-likeness (QED) is 0.176. The summed E-state index contributed by atoms with van der Waals surface area (Å²) in [5.74, 6) is -1.58. The minimum absolute atomic E-state index is 0.105. The Morgan fingerprint density at radius 1 is 0.628 bits per heavy atom. The maximum atomic E-state index is 8.52. The molecule has 0 saturated heterocycles. The minimum atomic E-state index is -4.73. The molecule has 2 aliphatic rings. The summed E-state index contributed by atoms with van der Waals surface area (Å²) in [5, 5.41) is 0. The van der Waals surface area contributed by atoms with E-state index in [1.807, 2.05) is 0 Å². The zero-order valence-electron chi connectivity index (χ0n) is 26.8. The molecule has 0 N–H and O–H groups in total. The van der Waals surface area contributed by atoms with Crippen molar-refractivity contribution in [3.8, 4) is 22.3 Å². The molecule has 2 aliphatic carbocycles. The summed E-state index contributed by atoms with van der Waals surface area (Å²) < 4.78 is 0.222. The molecule has 4 aromatic carbocycles. The van der Waals surface area contributed by atoms with Crippen molar-refractivity contribution in [3.05, 3.63) is 128 Å². The molecule has 221 valence electrons. The fourth-order valence-corrected chi connectivity index (χ4v) is 40.7. The number of halogens is 2. The van der Waals surface area contributed by atoms with Gasteiger partial charge in [0.25, 0.3) is 0 Å². The third-order valence-electron chi connectivity index (χ3n) is 10.1. The Hall–Kier alpha value is -1.96. The summed E-state index contributed by atoms with van der Waals surface area (Å²) in [6, 6.07) is 27.4. The Morgan fingerprint density at radius 2 is 1.07 bits per heavy atom. The van der Waals surface area contributed by atoms with Gasteiger partial charge in [-0.05, 0) is 0 Å². The van der Waals surface area contributed by atoms with Gasteiger partial charge in [-0.15, -0.1) is 0 Å². The number of hydrogen-bond donors (Lipinski definition) is 0. The van der Waals surface area contributed by atoms with E-state index in [0.29, 0.717) is 0 Å². The average molecular weight is 702 g/mol. The van der Waals surface area contributed by atoms with Crippen LogP contribution in [0.15, 0.2) is 83.9 Å². The van der Waals surface area contributed by atoms with Crippen molar-refractivity contribution in [1.29, 1.82) is 0 Å². The summed E-state index contributed by atoms with van der Waals surface area (Å²) in [5.41, 5.74) is 18.4. The predicted molar refractivity (Wildman–Crippen MR) is 191 cm³/mol. The van der Waals surface area contributed by atoms with Crippen LogP contribution in [0.4, 0.5) is 0 Å². The van der Waals surface area contributed by atoms with Crippen LogP contribution in [-0.4, -0.2) is 5.92 Å². The van der Waals surface area contributed by atoms with Crippen molar-refractivity contribution < 1.29 is 15.6 Å². The molecule has 0 aromatic heterocycles. The molecular formula is C39H43Cl2SiZr. The Kier molecular flexibility index (Phi) is 8.04. The SMILES string of the molecule is CCC1=Cc2c(-c3cc(C)cc(C)c3)cccc2[CH]1[Zr]([Cl])([Cl])([CH]1C(C)=Cc2c(-c3cc(C)cc(C)c3)cccc21)[SiH](C)C. The first-order chi connectivity index (χ1) is 20.3. The first-order valence-corrected chi connectivity index (χ1v) is 32.0. The number of fused-ring (bicyclic) bond motifs is 2. The standard InChI is InChI=1S/C19H19.C18H17.C2H7Si.2ClH.Zr/c1-4-15-11-16-6-5-7-18(19(16)12-15)17-9-13(2)8-14(3)10-17;1-12-7-13(2)10-16(9-12)17-6-4-5-15-8-14(3)11-18(15)17;1-3-2;;;/h5-12H,4H2,1-3H3;4-11H,1-3H3;3H,1-2H3;2*1H;/q;;;;;+2/p-2. The van der Waals surface area contributed by atoms with Crippen LogP contribution in [0.3, 0.4) is 0 Å². The van der Waals surface area contributed by atoms with Crippen LogP contribution in [0.5, 0.6) is 0 Å². The molecule has 43 heavy (non-hydrogen) atoms. The van der Waals surface area contributed by atoms with Crippen LogP contribution in [0.2, 0.25) is 13.1 Å². The molecule has 0 aliphatic heterocycles. The summed E-state index contributed by atoms with van der Waals surface area (Å²) in [6.07, 6.45) is 5.84. The molecular weight excluding hydrogens is 659 g/mol. The van der Waals surface area contributed by atoms with Crippen LogP contribution >= 0.6 is 17.0 Å². The van der Waals surface area contributed by atoms with Crippen LogP contribution in [0, 0.1) is 27.7 Å². The van der Waals surface area contributed by atoms with Crippen molar-refractivity contribution in [2.75, 3.05) is 0 Å². The van der Waals surface area contributed by atoms with Crippen molar-refractivity contribution in [2.24, 2.45) is 0 Å². The van der Waals surface area contributed by atoms with E-state index in [1.165, 1.54) is 77.9 Å². The van der Waals surface area contributed by atoms with Crippen molar-refractivity contribution in [2.45, 2.75) is 68.3 Å². The van der Waals surface area contributed by atoms with Gasteiger partial charge in [-0.1, -0.05) is 0 Å². The molecule has 0 fully saturated rings. The monoisotopic (exact) mass is 699 g/mol. The summed E-state index contributed by atoms with van der Waals surface area (Å²) in [4.78, 5) is 0. The van der Waals surface area contributed by atoms with Crippen LogP contribution in [-0.2, 0) is 15.6 Å². The molecule has 0 spiro atoms. The molecule has 0 saturated carbocycles. The fourth-order valence-electron chi connectivity index (χ4n) is 8.30. The van der Waals surface area contributed by atoms with E-state index in [1.54, 1.807) is 0 Å². The molecule has 4 aromatic rings. The molecule has 0 bridgehead atoms. The van der Waals surface area contributed by atoms with Gasteiger partial charge in [-0.3, -0.25) is 0 Å². The van der Waals surface area contributed by atoms with Crippen LogP contribution < -0.4 is 0 Å². The van der Waals surface area contributed by atoms with Gasteiger partial charge in [0.2, 0.25) is 0 Å². The van der Waals surface area contributed by atoms with Gasteiger partial charge in [0.05, 0.1) is 0 Å². The van der Waals surface area contributed by atoms with Gasteiger partial charge in [-0.2, -0.15) is 0 Å². The second-order valence-corrected chi connectivity index (χ2v) is 56.1. The topological polar surface area (TPSA) is 0 Å². The third kappa shape index (κ3) is 4.96. The number of allylic oxidation sites excluding steroid dienone is 2. The van der Waals surface area contributed by atoms with E-state index in [2.05, 4.69) is 140 Å². The molecule has 0 nitrogen and oxygen atoms in total. The van der Waals surface area contributed by atoms with Crippen LogP contribution in [0.1, 0.15) is 72.0 Å². The van der Waals surface area contributed by atoms with E-state index in [0.717, 1.165) is 6.42 Å². The maximum absolute atomic E-state index is 8.52. The van der Waals surface area contributed by atoms with Gasteiger partial charge in [0, 0.05) is 0 Å². The molecule has 0 amide bonds. The van der Waals surface area contributed by atoms with Gasteiger partial charge in [0.1, 0.15) is 0 Å². The van der Waals surface area contributed by atoms with Crippen molar-refractivity contribution in [1.82, 2.24) is 0 Å². The Balaban J connectivity index is 1.57. The number of aryl methyl sites for hydroxylation is 4. The van der Waals surface area contributed by atoms with Gasteiger partial charge >= 0.3 is 270 Å². The zero-order valence-corrected chi connectivity index (χ0v) is 31.9. The second-order valence-electron chi connectivity index (χ2n) is 13.6. The van der Waals surface area contributed by atoms with E-state index < -0.39 is 21.5 Å². The Labute approximate surface area is 267 Å². The van der Waals surface area contributed by atoms with Crippen LogP contribution in [0.25, 0.3) is 34.4 Å². The zero-order chi connectivity index (χ0) is 30.9. The van der Waals surface area contributed by atoms with E-state index in [-0.39, 0.29) is 7.25 Å². The molecule has 2 unspecified atom stereocenters. The first-order valence-electron chi connectivity index (χ1n) is 15.7. The second kappa shape index (κ2) is 11.1. The fraction of sp³-hybridized carbons (Fsp3) is 0.282. The number of rotatable bonds is 6. The number of benzene rings is 4. The van der Waals surface area contributed by atoms with E-state index >= 15 is 0 Å². The normalized spacial score (nSPS) is 18.6. The molecule has 6 rings (SSSR count). The average Bonchev–Trinajstić information content (AvgIpc) is 3.50. The summed E-state index contributed by atoms with van der Waals surface area (Å²) >= 11 is -4.73. The van der Waals surface area contributed by atoms with Crippen molar-refractivity contribution in [3.63, 3.8) is 0 Å². The number of hydrogen-bond acceptors (Lipinski definition) is 0.